The minimum Gasteiger partial charge on any atom is -0.467 e. The molecule has 0 amide bonds. The van der Waals surface area contributed by atoms with E-state index >= 15 is 0 Å². The Kier molecular flexibility index (Phi) is 4.13. The van der Waals surface area contributed by atoms with Crippen molar-refractivity contribution >= 4 is 11.7 Å². The van der Waals surface area contributed by atoms with Gasteiger partial charge in [0, 0.05) is 12.1 Å². The van der Waals surface area contributed by atoms with Crippen molar-refractivity contribution in [2.24, 2.45) is 0 Å². The molecule has 17 heavy (non-hydrogen) atoms. The van der Waals surface area contributed by atoms with Crippen LogP contribution >= 0.6 is 0 Å². The number of nitro groups is 1. The summed E-state index contributed by atoms with van der Waals surface area (Å²) in [5.74, 6) is -1.01. The van der Waals surface area contributed by atoms with E-state index < -0.39 is 23.1 Å². The van der Waals surface area contributed by atoms with Crippen LogP contribution in [0.2, 0.25) is 0 Å². The highest BCUT2D eigenvalue weighted by atomic mass is 16.6. The van der Waals surface area contributed by atoms with Gasteiger partial charge in [-0.25, -0.2) is 4.79 Å². The molecule has 1 aromatic carbocycles. The Morgan fingerprint density at radius 1 is 1.47 bits per heavy atom. The van der Waals surface area contributed by atoms with Crippen molar-refractivity contribution in [1.29, 1.82) is 0 Å². The minimum atomic E-state index is -1.78. The fourth-order valence-corrected chi connectivity index (χ4v) is 1.25. The molecule has 0 heterocycles. The number of carbonyl (C=O) groups is 1. The van der Waals surface area contributed by atoms with Crippen molar-refractivity contribution in [3.63, 3.8) is 0 Å². The van der Waals surface area contributed by atoms with Crippen LogP contribution in [0.5, 0.6) is 0 Å². The van der Waals surface area contributed by atoms with Crippen LogP contribution in [0, 0.1) is 10.1 Å². The Bertz CT molecular complexity index is 433. The molecule has 2 N–H and O–H groups in total. The number of hydrogen-bond acceptors (Lipinski definition) is 6. The molecule has 2 unspecified atom stereocenters. The Morgan fingerprint density at radius 2 is 2.12 bits per heavy atom. The second-order valence-corrected chi connectivity index (χ2v) is 3.26. The fraction of sp³-hybridized carbons (Fsp3) is 0.300. The molecule has 0 aliphatic rings. The lowest BCUT2D eigenvalue weighted by Crippen LogP contribution is -2.29. The first kappa shape index (κ1) is 13.1. The lowest BCUT2D eigenvalue weighted by atomic mass is 10.0. The molecule has 0 fully saturated rings. The van der Waals surface area contributed by atoms with Crippen molar-refractivity contribution in [3.8, 4) is 0 Å². The van der Waals surface area contributed by atoms with Crippen molar-refractivity contribution in [3.05, 3.63) is 39.9 Å². The van der Waals surface area contributed by atoms with Gasteiger partial charge >= 0.3 is 5.97 Å². The number of nitro benzene ring substituents is 1. The maximum absolute atomic E-state index is 11.0. The van der Waals surface area contributed by atoms with Gasteiger partial charge in [-0.2, -0.15) is 0 Å². The number of hydrogen-bond donors (Lipinski definition) is 2. The highest BCUT2D eigenvalue weighted by Gasteiger charge is 2.27. The van der Waals surface area contributed by atoms with Gasteiger partial charge in [0.15, 0.2) is 6.10 Å². The maximum Gasteiger partial charge on any atom is 0.337 e. The zero-order chi connectivity index (χ0) is 13.0. The molecule has 0 radical (unpaired) electrons. The largest absolute Gasteiger partial charge is 0.467 e. The lowest BCUT2D eigenvalue weighted by Gasteiger charge is -2.15. The van der Waals surface area contributed by atoms with Gasteiger partial charge in [0.25, 0.3) is 5.69 Å². The number of rotatable bonds is 4. The first-order chi connectivity index (χ1) is 7.97. The molecule has 7 nitrogen and oxygen atoms in total. The highest BCUT2D eigenvalue weighted by Crippen LogP contribution is 2.22. The van der Waals surface area contributed by atoms with Gasteiger partial charge in [0.2, 0.25) is 0 Å². The van der Waals surface area contributed by atoms with Crippen molar-refractivity contribution in [2.75, 3.05) is 7.11 Å². The van der Waals surface area contributed by atoms with E-state index in [1.807, 2.05) is 0 Å². The SMILES string of the molecule is COC(=O)C(O)C(O)c1cccc([N+](=O)[O-])c1. The van der Waals surface area contributed by atoms with Gasteiger partial charge in [-0.3, -0.25) is 10.1 Å². The predicted octanol–water partition coefficient (Wildman–Crippen LogP) is 0.162. The van der Waals surface area contributed by atoms with E-state index in [4.69, 9.17) is 0 Å². The van der Waals surface area contributed by atoms with Gasteiger partial charge in [-0.15, -0.1) is 0 Å². The molecule has 2 atom stereocenters. The van der Waals surface area contributed by atoms with Crippen LogP contribution in [-0.4, -0.2) is 34.3 Å². The van der Waals surface area contributed by atoms with E-state index in [2.05, 4.69) is 4.74 Å². The Hall–Kier alpha value is -1.99. The van der Waals surface area contributed by atoms with E-state index in [0.717, 1.165) is 13.2 Å². The smallest absolute Gasteiger partial charge is 0.337 e. The zero-order valence-corrected chi connectivity index (χ0v) is 8.94. The van der Waals surface area contributed by atoms with Crippen LogP contribution in [-0.2, 0) is 9.53 Å². The zero-order valence-electron chi connectivity index (χ0n) is 8.94. The number of esters is 1. The van der Waals surface area contributed by atoms with Crippen LogP contribution in [0.15, 0.2) is 24.3 Å². The first-order valence-corrected chi connectivity index (χ1v) is 4.65. The molecule has 0 saturated heterocycles. The van der Waals surface area contributed by atoms with Gasteiger partial charge in [0.1, 0.15) is 6.10 Å². The summed E-state index contributed by atoms with van der Waals surface area (Å²) in [6, 6.07) is 5.03. The van der Waals surface area contributed by atoms with E-state index in [1.165, 1.54) is 18.2 Å². The van der Waals surface area contributed by atoms with E-state index in [1.54, 1.807) is 0 Å². The highest BCUT2D eigenvalue weighted by molar-refractivity contribution is 5.75. The third kappa shape index (κ3) is 2.99. The van der Waals surface area contributed by atoms with Crippen molar-refractivity contribution in [1.82, 2.24) is 0 Å². The summed E-state index contributed by atoms with van der Waals surface area (Å²) in [6.07, 6.45) is -3.34. The number of aliphatic hydroxyl groups excluding tert-OH is 2. The molecule has 92 valence electrons. The Labute approximate surface area is 96.4 Å². The number of nitrogens with zero attached hydrogens (tertiary/aromatic N) is 1. The third-order valence-corrected chi connectivity index (χ3v) is 2.16. The standard InChI is InChI=1S/C10H11NO6/c1-17-10(14)9(13)8(12)6-3-2-4-7(5-6)11(15)16/h2-5,8-9,12-13H,1H3. The molecule has 1 aromatic rings. The van der Waals surface area contributed by atoms with Crippen LogP contribution < -0.4 is 0 Å². The first-order valence-electron chi connectivity index (χ1n) is 4.65. The third-order valence-electron chi connectivity index (χ3n) is 2.16. The summed E-state index contributed by atoms with van der Waals surface area (Å²) in [4.78, 5) is 20.8. The topological polar surface area (TPSA) is 110 Å². The second-order valence-electron chi connectivity index (χ2n) is 3.26. The number of methoxy groups -OCH3 is 1. The quantitative estimate of drug-likeness (QED) is 0.441. The van der Waals surface area contributed by atoms with E-state index in [9.17, 15) is 25.1 Å². The molecule has 0 spiro atoms. The summed E-state index contributed by atoms with van der Waals surface area (Å²) in [6.45, 7) is 0. The molecule has 0 saturated carbocycles. The second kappa shape index (κ2) is 5.37. The molecule has 0 aliphatic carbocycles. The van der Waals surface area contributed by atoms with Crippen LogP contribution in [0.3, 0.4) is 0 Å². The fourth-order valence-electron chi connectivity index (χ4n) is 1.25. The van der Waals surface area contributed by atoms with Gasteiger partial charge < -0.3 is 14.9 Å². The van der Waals surface area contributed by atoms with E-state index in [0.29, 0.717) is 0 Å². The van der Waals surface area contributed by atoms with Crippen LogP contribution in [0.1, 0.15) is 11.7 Å². The summed E-state index contributed by atoms with van der Waals surface area (Å²) in [5.41, 5.74) is -0.171. The number of benzene rings is 1. The lowest BCUT2D eigenvalue weighted by molar-refractivity contribution is -0.385. The molecule has 0 bridgehead atoms. The molecule has 0 aliphatic heterocycles. The molecule has 7 heteroatoms. The van der Waals surface area contributed by atoms with Crippen molar-refractivity contribution in [2.45, 2.75) is 12.2 Å². The predicted molar refractivity (Wildman–Crippen MR) is 56.1 cm³/mol. The van der Waals surface area contributed by atoms with Crippen molar-refractivity contribution < 1.29 is 24.7 Å². The normalized spacial score (nSPS) is 13.8. The molecule has 1 rings (SSSR count). The molecule has 0 aromatic heterocycles. The van der Waals surface area contributed by atoms with Gasteiger partial charge in [0.05, 0.1) is 12.0 Å². The monoisotopic (exact) mass is 241 g/mol. The molecular weight excluding hydrogens is 230 g/mol. The summed E-state index contributed by atoms with van der Waals surface area (Å²) >= 11 is 0. The average molecular weight is 241 g/mol. The molecular formula is C10H11NO6. The van der Waals surface area contributed by atoms with Gasteiger partial charge in [-0.1, -0.05) is 12.1 Å². The Balaban J connectivity index is 2.96. The maximum atomic E-state index is 11.0. The van der Waals surface area contributed by atoms with Gasteiger partial charge in [-0.05, 0) is 5.56 Å². The Morgan fingerprint density at radius 3 is 2.65 bits per heavy atom. The van der Waals surface area contributed by atoms with Crippen LogP contribution in [0.4, 0.5) is 5.69 Å². The number of non-ortho nitro benzene ring substituents is 1. The summed E-state index contributed by atoms with van der Waals surface area (Å²) in [5, 5.41) is 29.5. The average Bonchev–Trinajstić information content (AvgIpc) is 2.36. The van der Waals surface area contributed by atoms with Crippen LogP contribution in [0.25, 0.3) is 0 Å². The summed E-state index contributed by atoms with van der Waals surface area (Å²) < 4.78 is 4.25. The van der Waals surface area contributed by atoms with E-state index in [-0.39, 0.29) is 11.3 Å². The minimum absolute atomic E-state index is 0.0668. The number of carbonyl (C=O) groups excluding carboxylic acids is 1. The number of ether oxygens (including phenoxy) is 1. The number of aliphatic hydroxyl groups is 2. The summed E-state index contributed by atoms with van der Waals surface area (Å²) in [7, 11) is 1.06.